The van der Waals surface area contributed by atoms with E-state index in [9.17, 15) is 8.42 Å². The van der Waals surface area contributed by atoms with Gasteiger partial charge in [0.15, 0.2) is 0 Å². The van der Waals surface area contributed by atoms with Crippen molar-refractivity contribution >= 4 is 21.4 Å². The zero-order valence-corrected chi connectivity index (χ0v) is 15.3. The Hall–Kier alpha value is -1.18. The molecule has 4 rings (SSSR count). The van der Waals surface area contributed by atoms with Crippen molar-refractivity contribution in [3.63, 3.8) is 0 Å². The molecule has 1 N–H and O–H groups in total. The second-order valence-electron chi connectivity index (χ2n) is 6.84. The molecule has 130 valence electrons. The van der Waals surface area contributed by atoms with Crippen LogP contribution in [0.25, 0.3) is 10.6 Å². The van der Waals surface area contributed by atoms with Gasteiger partial charge in [0.1, 0.15) is 10.6 Å². The Labute approximate surface area is 147 Å². The van der Waals surface area contributed by atoms with Crippen LogP contribution in [0.4, 0.5) is 0 Å². The zero-order chi connectivity index (χ0) is 16.6. The van der Waals surface area contributed by atoms with E-state index in [4.69, 9.17) is 0 Å². The highest BCUT2D eigenvalue weighted by Crippen LogP contribution is 2.35. The van der Waals surface area contributed by atoms with Gasteiger partial charge in [0.25, 0.3) is 0 Å². The quantitative estimate of drug-likeness (QED) is 0.872. The van der Waals surface area contributed by atoms with Crippen molar-refractivity contribution in [3.05, 3.63) is 23.7 Å². The Kier molecular flexibility index (Phi) is 4.49. The van der Waals surface area contributed by atoms with E-state index in [1.807, 2.05) is 22.2 Å². The van der Waals surface area contributed by atoms with Gasteiger partial charge in [-0.3, -0.25) is 4.68 Å². The standard InChI is InChI=1S/C17H23N3O2S2/c21-24(22,19-13-6-1-2-7-13)16-12-20(14-8-3-4-9-14)18-17(16)15-10-5-11-23-15/h5,10-14,19H,1-4,6-9H2. The van der Waals surface area contributed by atoms with Crippen LogP contribution >= 0.6 is 11.3 Å². The molecule has 0 aromatic carbocycles. The highest BCUT2D eigenvalue weighted by Gasteiger charge is 2.30. The molecule has 2 aliphatic rings. The predicted molar refractivity (Wildman–Crippen MR) is 95.6 cm³/mol. The molecule has 0 unspecified atom stereocenters. The topological polar surface area (TPSA) is 64.0 Å². The smallest absolute Gasteiger partial charge is 0.244 e. The van der Waals surface area contributed by atoms with Gasteiger partial charge in [-0.05, 0) is 37.1 Å². The Bertz CT molecular complexity index is 784. The molecule has 0 saturated heterocycles. The lowest BCUT2D eigenvalue weighted by Crippen LogP contribution is -2.32. The summed E-state index contributed by atoms with van der Waals surface area (Å²) in [7, 11) is -3.54. The summed E-state index contributed by atoms with van der Waals surface area (Å²) in [6.07, 6.45) is 10.4. The van der Waals surface area contributed by atoms with Crippen LogP contribution in [0.2, 0.25) is 0 Å². The third-order valence-electron chi connectivity index (χ3n) is 5.12. The summed E-state index contributed by atoms with van der Waals surface area (Å²) in [6, 6.07) is 4.29. The maximum absolute atomic E-state index is 13.0. The van der Waals surface area contributed by atoms with E-state index >= 15 is 0 Å². The SMILES string of the molecule is O=S(=O)(NC1CCCC1)c1cn(C2CCCC2)nc1-c1cccs1. The summed E-state index contributed by atoms with van der Waals surface area (Å²) >= 11 is 1.54. The second kappa shape index (κ2) is 6.61. The van der Waals surface area contributed by atoms with Crippen molar-refractivity contribution in [2.45, 2.75) is 68.3 Å². The van der Waals surface area contributed by atoms with Gasteiger partial charge < -0.3 is 0 Å². The first-order valence-electron chi connectivity index (χ1n) is 8.79. The largest absolute Gasteiger partial charge is 0.268 e. The molecule has 2 aromatic heterocycles. The molecular weight excluding hydrogens is 342 g/mol. The Morgan fingerprint density at radius 3 is 2.50 bits per heavy atom. The number of sulfonamides is 1. The molecule has 0 bridgehead atoms. The average Bonchev–Trinajstić information content (AvgIpc) is 3.31. The molecular formula is C17H23N3O2S2. The predicted octanol–water partition coefficient (Wildman–Crippen LogP) is 3.95. The van der Waals surface area contributed by atoms with E-state index in [-0.39, 0.29) is 6.04 Å². The number of hydrogen-bond donors (Lipinski definition) is 1. The van der Waals surface area contributed by atoms with E-state index in [1.165, 1.54) is 24.2 Å². The van der Waals surface area contributed by atoms with Crippen molar-refractivity contribution in [2.24, 2.45) is 0 Å². The summed E-state index contributed by atoms with van der Waals surface area (Å²) in [6.45, 7) is 0. The number of rotatable bonds is 5. The van der Waals surface area contributed by atoms with Gasteiger partial charge in [-0.2, -0.15) is 5.10 Å². The molecule has 0 radical (unpaired) electrons. The molecule has 2 saturated carbocycles. The Morgan fingerprint density at radius 1 is 1.12 bits per heavy atom. The van der Waals surface area contributed by atoms with Crippen LogP contribution in [0.1, 0.15) is 57.4 Å². The molecule has 2 fully saturated rings. The summed E-state index contributed by atoms with van der Waals surface area (Å²) in [5.41, 5.74) is 0.599. The number of thiophene rings is 1. The van der Waals surface area contributed by atoms with Crippen LogP contribution in [0.3, 0.4) is 0 Å². The Morgan fingerprint density at radius 2 is 1.83 bits per heavy atom. The lowest BCUT2D eigenvalue weighted by Gasteiger charge is -2.12. The van der Waals surface area contributed by atoms with Crippen LogP contribution in [0, 0.1) is 0 Å². The van der Waals surface area contributed by atoms with Gasteiger partial charge in [0.05, 0.1) is 10.9 Å². The molecule has 0 spiro atoms. The monoisotopic (exact) mass is 365 g/mol. The fraction of sp³-hybridized carbons (Fsp3) is 0.588. The highest BCUT2D eigenvalue weighted by atomic mass is 32.2. The first kappa shape index (κ1) is 16.3. The van der Waals surface area contributed by atoms with Crippen LogP contribution in [-0.4, -0.2) is 24.2 Å². The van der Waals surface area contributed by atoms with Crippen molar-refractivity contribution in [2.75, 3.05) is 0 Å². The van der Waals surface area contributed by atoms with E-state index in [2.05, 4.69) is 9.82 Å². The minimum absolute atomic E-state index is 0.0704. The number of nitrogens with zero attached hydrogens (tertiary/aromatic N) is 2. The van der Waals surface area contributed by atoms with Crippen molar-refractivity contribution in [3.8, 4) is 10.6 Å². The molecule has 2 aliphatic carbocycles. The lowest BCUT2D eigenvalue weighted by atomic mass is 10.3. The van der Waals surface area contributed by atoms with E-state index in [1.54, 1.807) is 6.20 Å². The fourth-order valence-corrected chi connectivity index (χ4v) is 6.08. The first-order valence-corrected chi connectivity index (χ1v) is 11.1. The van der Waals surface area contributed by atoms with Crippen LogP contribution < -0.4 is 4.72 Å². The minimum Gasteiger partial charge on any atom is -0.268 e. The van der Waals surface area contributed by atoms with Crippen molar-refractivity contribution in [1.82, 2.24) is 14.5 Å². The molecule has 24 heavy (non-hydrogen) atoms. The Balaban J connectivity index is 1.71. The normalized spacial score (nSPS) is 20.2. The zero-order valence-electron chi connectivity index (χ0n) is 13.6. The maximum Gasteiger partial charge on any atom is 0.244 e. The fourth-order valence-electron chi connectivity index (χ4n) is 3.84. The molecule has 0 aliphatic heterocycles. The molecule has 0 amide bonds. The lowest BCUT2D eigenvalue weighted by molar-refractivity contribution is 0.467. The highest BCUT2D eigenvalue weighted by molar-refractivity contribution is 7.89. The average molecular weight is 366 g/mol. The number of hydrogen-bond acceptors (Lipinski definition) is 4. The van der Waals surface area contributed by atoms with E-state index in [0.29, 0.717) is 16.6 Å². The van der Waals surface area contributed by atoms with Gasteiger partial charge >= 0.3 is 0 Å². The van der Waals surface area contributed by atoms with Gasteiger partial charge in [-0.25, -0.2) is 13.1 Å². The van der Waals surface area contributed by atoms with Crippen LogP contribution in [-0.2, 0) is 10.0 Å². The van der Waals surface area contributed by atoms with Gasteiger partial charge in [-0.15, -0.1) is 11.3 Å². The number of nitrogens with one attached hydrogen (secondary N) is 1. The summed E-state index contributed by atoms with van der Waals surface area (Å²) < 4.78 is 30.7. The molecule has 2 heterocycles. The van der Waals surface area contributed by atoms with Crippen LogP contribution in [0.5, 0.6) is 0 Å². The first-order chi connectivity index (χ1) is 11.6. The third kappa shape index (κ3) is 3.17. The van der Waals surface area contributed by atoms with Gasteiger partial charge in [-0.1, -0.05) is 31.7 Å². The van der Waals surface area contributed by atoms with E-state index < -0.39 is 10.0 Å². The molecule has 0 atom stereocenters. The van der Waals surface area contributed by atoms with Gasteiger partial charge in [0.2, 0.25) is 10.0 Å². The van der Waals surface area contributed by atoms with Gasteiger partial charge in [0, 0.05) is 12.2 Å². The summed E-state index contributed by atoms with van der Waals surface area (Å²) in [5.74, 6) is 0. The summed E-state index contributed by atoms with van der Waals surface area (Å²) in [4.78, 5) is 1.25. The second-order valence-corrected chi connectivity index (χ2v) is 9.47. The minimum atomic E-state index is -3.54. The van der Waals surface area contributed by atoms with Crippen LogP contribution in [0.15, 0.2) is 28.6 Å². The van der Waals surface area contributed by atoms with Crippen molar-refractivity contribution < 1.29 is 8.42 Å². The third-order valence-corrected chi connectivity index (χ3v) is 7.52. The summed E-state index contributed by atoms with van der Waals surface area (Å²) in [5, 5.41) is 6.65. The van der Waals surface area contributed by atoms with E-state index in [0.717, 1.165) is 43.4 Å². The van der Waals surface area contributed by atoms with Crippen molar-refractivity contribution in [1.29, 1.82) is 0 Å². The molecule has 7 heteroatoms. The molecule has 2 aromatic rings. The molecule has 5 nitrogen and oxygen atoms in total. The number of aromatic nitrogens is 2. The maximum atomic E-state index is 13.0.